The van der Waals surface area contributed by atoms with E-state index in [4.69, 9.17) is 0 Å². The van der Waals surface area contributed by atoms with E-state index in [1.165, 1.54) is 0 Å². The van der Waals surface area contributed by atoms with Crippen molar-refractivity contribution in [2.24, 2.45) is 0 Å². The average molecular weight is 1620 g/mol. The Hall–Kier alpha value is -1.20. The topological polar surface area (TPSA) is 235 Å². The Morgan fingerprint density at radius 1 is 0.161 bits per heavy atom. The fourth-order valence-corrected chi connectivity index (χ4v) is 15.5. The lowest BCUT2D eigenvalue weighted by Gasteiger charge is -2.37. The standard InChI is InChI=1S/C82H196N20O10/c1-33-34-87(53-73(103)63-93(3,4)5)46-41-86(45-51-91(59-79(109)69-99(21,22)23)60-80(110)70-100(24,25)26)40-39-84(42-47-88(54-74(104)64-94(6,7)8)48-52-92(61-81(111)71-101(27,28)29)62-82(112)72-102(30,31)32)37-35-83(2)36-38-85(43-49-89(55-75(105)65-95(9,10)11)56-76(106)66-96(12,13)14)44-50-90(57-77(107)67-97(15,16)17)58-78(108)68-98(18,19)20/h73-82,103-112H,33-72H2,1-32H3/q+10. The molecule has 0 aliphatic heterocycles. The minimum atomic E-state index is -0.615. The summed E-state index contributed by atoms with van der Waals surface area (Å²) in [6, 6.07) is 0. The molecule has 0 fully saturated rings. The van der Waals surface area contributed by atoms with Crippen molar-refractivity contribution in [2.75, 3.05) is 474 Å². The van der Waals surface area contributed by atoms with Gasteiger partial charge in [-0.25, -0.2) is 0 Å². The molecule has 0 aliphatic rings. The van der Waals surface area contributed by atoms with Crippen LogP contribution in [0.15, 0.2) is 0 Å². The Kier molecular flexibility index (Phi) is 51.0. The average Bonchev–Trinajstić information content (AvgIpc) is 0.893. The second-order valence-electron chi connectivity index (χ2n) is 44.7. The summed E-state index contributed by atoms with van der Waals surface area (Å²) in [5.41, 5.74) is 0. The monoisotopic (exact) mass is 1620 g/mol. The molecule has 0 aliphatic carbocycles. The first-order valence-corrected chi connectivity index (χ1v) is 42.7. The van der Waals surface area contributed by atoms with Crippen molar-refractivity contribution in [1.82, 2.24) is 49.0 Å². The molecule has 0 saturated heterocycles. The van der Waals surface area contributed by atoms with Crippen molar-refractivity contribution >= 4 is 0 Å². The summed E-state index contributed by atoms with van der Waals surface area (Å²) in [4.78, 5) is 23.8. The lowest BCUT2D eigenvalue weighted by atomic mass is 10.2. The van der Waals surface area contributed by atoms with Crippen LogP contribution in [0.25, 0.3) is 0 Å². The van der Waals surface area contributed by atoms with Crippen LogP contribution in [-0.4, -0.2) is 680 Å². The predicted molar refractivity (Wildman–Crippen MR) is 465 cm³/mol. The first kappa shape index (κ1) is 111. The van der Waals surface area contributed by atoms with Crippen molar-refractivity contribution in [2.45, 2.75) is 74.4 Å². The fourth-order valence-electron chi connectivity index (χ4n) is 15.5. The van der Waals surface area contributed by atoms with E-state index in [0.29, 0.717) is 241 Å². The molecule has 0 bridgehead atoms. The van der Waals surface area contributed by atoms with Gasteiger partial charge in [-0.3, -0.25) is 44.1 Å². The highest BCUT2D eigenvalue weighted by Gasteiger charge is 2.32. The zero-order chi connectivity index (χ0) is 86.8. The molecule has 10 atom stereocenters. The van der Waals surface area contributed by atoms with E-state index in [1.807, 2.05) is 0 Å². The second-order valence-corrected chi connectivity index (χ2v) is 44.7. The summed E-state index contributed by atoms with van der Waals surface area (Å²) >= 11 is 0. The summed E-state index contributed by atoms with van der Waals surface area (Å²) < 4.78 is 6.12. The molecule has 0 amide bonds. The summed E-state index contributed by atoms with van der Waals surface area (Å²) in [5.74, 6) is 0. The number of nitrogens with zero attached hydrogens (tertiary/aromatic N) is 20. The molecule has 30 heteroatoms. The van der Waals surface area contributed by atoms with Gasteiger partial charge < -0.3 is 101 Å². The van der Waals surface area contributed by atoms with Crippen LogP contribution in [0.5, 0.6) is 0 Å². The van der Waals surface area contributed by atoms with E-state index in [9.17, 15) is 51.1 Å². The van der Waals surface area contributed by atoms with Crippen LogP contribution < -0.4 is 0 Å². The Labute approximate surface area is 690 Å². The quantitative estimate of drug-likeness (QED) is 0.0257. The molecule has 30 nitrogen and oxygen atoms in total. The third-order valence-electron chi connectivity index (χ3n) is 19.5. The van der Waals surface area contributed by atoms with Crippen LogP contribution in [0, 0.1) is 0 Å². The molecular weight excluding hydrogens is 1430 g/mol. The number of quaternary nitrogens is 10. The second kappa shape index (κ2) is 51.5. The van der Waals surface area contributed by atoms with Gasteiger partial charge in [0.25, 0.3) is 0 Å². The molecule has 10 N–H and O–H groups in total. The zero-order valence-corrected chi connectivity index (χ0v) is 79.5. The zero-order valence-electron chi connectivity index (χ0n) is 79.5. The van der Waals surface area contributed by atoms with Crippen LogP contribution in [0.4, 0.5) is 0 Å². The van der Waals surface area contributed by atoms with Crippen molar-refractivity contribution < 1.29 is 95.9 Å². The van der Waals surface area contributed by atoms with E-state index in [0.717, 1.165) is 65.3 Å². The Bertz CT molecular complexity index is 2220. The highest BCUT2D eigenvalue weighted by molar-refractivity contribution is 4.80. The molecule has 0 radical (unpaired) electrons. The molecular formula is C82H196N20O10+10. The minimum absolute atomic E-state index is 0.409. The van der Waals surface area contributed by atoms with E-state index >= 15 is 0 Å². The normalized spacial score (nSPS) is 16.9. The lowest BCUT2D eigenvalue weighted by Crippen LogP contribution is -2.53. The van der Waals surface area contributed by atoms with Gasteiger partial charge in [-0.15, -0.1) is 0 Å². The third-order valence-corrected chi connectivity index (χ3v) is 19.5. The molecule has 674 valence electrons. The maximum Gasteiger partial charge on any atom is 0.115 e. The van der Waals surface area contributed by atoms with Crippen molar-refractivity contribution in [3.8, 4) is 0 Å². The van der Waals surface area contributed by atoms with E-state index < -0.39 is 61.0 Å². The van der Waals surface area contributed by atoms with Crippen LogP contribution in [0.1, 0.15) is 13.3 Å². The number of rotatable bonds is 69. The molecule has 0 aromatic rings. The van der Waals surface area contributed by atoms with Gasteiger partial charge in [0.2, 0.25) is 0 Å². The van der Waals surface area contributed by atoms with Crippen molar-refractivity contribution in [3.05, 3.63) is 0 Å². The van der Waals surface area contributed by atoms with Crippen molar-refractivity contribution in [1.29, 1.82) is 0 Å². The number of aliphatic hydroxyl groups is 10. The molecule has 0 aromatic carbocycles. The summed E-state index contributed by atoms with van der Waals surface area (Å²) in [6.45, 7) is 25.5. The number of hydrogen-bond donors (Lipinski definition) is 10. The van der Waals surface area contributed by atoms with Gasteiger partial charge in [0, 0.05) is 183 Å². The van der Waals surface area contributed by atoms with Gasteiger partial charge in [-0.1, -0.05) is 6.92 Å². The highest BCUT2D eigenvalue weighted by atomic mass is 16.3. The predicted octanol–water partition coefficient (Wildman–Crippen LogP) is -5.28. The van der Waals surface area contributed by atoms with E-state index in [-0.39, 0.29) is 0 Å². The summed E-state index contributed by atoms with van der Waals surface area (Å²) in [7, 11) is 65.1. The molecule has 10 unspecified atom stereocenters. The molecule has 112 heavy (non-hydrogen) atoms. The van der Waals surface area contributed by atoms with Crippen LogP contribution in [0.2, 0.25) is 0 Å². The van der Waals surface area contributed by atoms with Gasteiger partial charge >= 0.3 is 0 Å². The molecule has 0 spiro atoms. The van der Waals surface area contributed by atoms with Crippen LogP contribution >= 0.6 is 0 Å². The van der Waals surface area contributed by atoms with Gasteiger partial charge in [-0.2, -0.15) is 0 Å². The molecule has 0 heterocycles. The fraction of sp³-hybridized carbons (Fsp3) is 1.00. The third kappa shape index (κ3) is 67.6. The van der Waals surface area contributed by atoms with E-state index in [1.54, 1.807) is 0 Å². The van der Waals surface area contributed by atoms with Crippen molar-refractivity contribution in [3.63, 3.8) is 0 Å². The van der Waals surface area contributed by atoms with Gasteiger partial charge in [0.15, 0.2) is 0 Å². The molecule has 0 saturated carbocycles. The van der Waals surface area contributed by atoms with Gasteiger partial charge in [0.1, 0.15) is 126 Å². The Morgan fingerprint density at radius 3 is 0.402 bits per heavy atom. The number of hydrogen-bond acceptors (Lipinski definition) is 20. The lowest BCUT2D eigenvalue weighted by molar-refractivity contribution is -0.873. The van der Waals surface area contributed by atoms with Gasteiger partial charge in [0.05, 0.1) is 211 Å². The highest BCUT2D eigenvalue weighted by Crippen LogP contribution is 2.13. The van der Waals surface area contributed by atoms with Crippen LogP contribution in [-0.2, 0) is 0 Å². The van der Waals surface area contributed by atoms with Crippen LogP contribution in [0.3, 0.4) is 0 Å². The molecule has 0 aromatic heterocycles. The maximum absolute atomic E-state index is 12.0. The summed E-state index contributed by atoms with van der Waals surface area (Å²) in [6.07, 6.45) is -5.01. The minimum Gasteiger partial charge on any atom is -0.386 e. The Morgan fingerprint density at radius 2 is 0.268 bits per heavy atom. The maximum atomic E-state index is 12.0. The largest absolute Gasteiger partial charge is 0.386 e. The Balaban J connectivity index is 8.36. The summed E-state index contributed by atoms with van der Waals surface area (Å²) in [5, 5.41) is 117. The van der Waals surface area contributed by atoms with Gasteiger partial charge in [-0.05, 0) is 20.0 Å². The first-order chi connectivity index (χ1) is 50.6. The van der Waals surface area contributed by atoms with E-state index in [2.05, 4.69) is 274 Å². The molecule has 0 rings (SSSR count). The SMILES string of the molecule is CCCN(CCN(CCN(CCN(C)CCN(CCN(CC(O)C[N+](C)(C)C)CC(O)C[N+](C)(C)C)CCN(CC(O)C[N+](C)(C)C)CC(O)C[N+](C)(C)C)CCN(CCN(CC(O)C[N+](C)(C)C)CC(O)C[N+](C)(C)C)CC(O)C[N+](C)(C)C)CCN(CC(O)C[N+](C)(C)C)CC(O)C[N+](C)(C)C)CC(O)C[N+](C)(C)C. The number of likely N-dealkylation sites (N-methyl/N-ethyl adjacent to an activating group) is 11. The number of aliphatic hydroxyl groups excluding tert-OH is 10. The first-order valence-electron chi connectivity index (χ1n) is 42.7. The smallest absolute Gasteiger partial charge is 0.115 e.